The van der Waals surface area contributed by atoms with Crippen molar-refractivity contribution in [1.82, 2.24) is 0 Å². The Morgan fingerprint density at radius 3 is 2.93 bits per heavy atom. The van der Waals surface area contributed by atoms with Crippen molar-refractivity contribution in [3.63, 3.8) is 0 Å². The first-order valence-electron chi connectivity index (χ1n) is 4.62. The van der Waals surface area contributed by atoms with Gasteiger partial charge < -0.3 is 10.6 Å². The second kappa shape index (κ2) is 4.37. The van der Waals surface area contributed by atoms with E-state index in [1.54, 1.807) is 0 Å². The van der Waals surface area contributed by atoms with Crippen molar-refractivity contribution in [1.29, 1.82) is 0 Å². The van der Waals surface area contributed by atoms with E-state index in [0.717, 1.165) is 24.0 Å². The van der Waals surface area contributed by atoms with Gasteiger partial charge in [0.1, 0.15) is 0 Å². The molecule has 1 atom stereocenters. The van der Waals surface area contributed by atoms with E-state index in [1.807, 2.05) is 0 Å². The molecule has 2 N–H and O–H groups in total. The van der Waals surface area contributed by atoms with Crippen LogP contribution >= 0.6 is 38.5 Å². The zero-order chi connectivity index (χ0) is 10.1. The van der Waals surface area contributed by atoms with Crippen LogP contribution in [0.15, 0.2) is 22.7 Å². The maximum Gasteiger partial charge on any atom is 0.0521 e. The van der Waals surface area contributed by atoms with E-state index < -0.39 is 0 Å². The fraction of sp³-hybridized carbons (Fsp3) is 0.400. The third-order valence-electron chi connectivity index (χ3n) is 2.47. The maximum absolute atomic E-state index is 5.89. The molecule has 1 aliphatic rings. The molecule has 2 nitrogen and oxygen atoms in total. The SMILES string of the molecule is NC1CCN(c2cc(I)ccc2Br)C1. The normalized spacial score (nSPS) is 21.6. The standard InChI is InChI=1S/C10H12BrIN2/c11-9-2-1-7(12)5-10(9)14-4-3-8(13)6-14/h1-2,5,8H,3-4,6,13H2. The predicted octanol–water partition coefficient (Wildman–Crippen LogP) is 2.59. The van der Waals surface area contributed by atoms with Crippen LogP contribution in [0.1, 0.15) is 6.42 Å². The van der Waals surface area contributed by atoms with Gasteiger partial charge in [0.25, 0.3) is 0 Å². The zero-order valence-corrected chi connectivity index (χ0v) is 11.5. The van der Waals surface area contributed by atoms with Crippen LogP contribution in [0.25, 0.3) is 0 Å². The Balaban J connectivity index is 2.27. The van der Waals surface area contributed by atoms with Crippen LogP contribution in [0.3, 0.4) is 0 Å². The summed E-state index contributed by atoms with van der Waals surface area (Å²) in [6.07, 6.45) is 1.10. The molecule has 1 unspecified atom stereocenters. The van der Waals surface area contributed by atoms with Gasteiger partial charge in [-0.25, -0.2) is 0 Å². The monoisotopic (exact) mass is 366 g/mol. The Labute approximate surface area is 106 Å². The number of rotatable bonds is 1. The van der Waals surface area contributed by atoms with Crippen LogP contribution in [0.5, 0.6) is 0 Å². The summed E-state index contributed by atoms with van der Waals surface area (Å²) >= 11 is 5.91. The minimum absolute atomic E-state index is 0.333. The molecule has 0 radical (unpaired) electrons. The van der Waals surface area contributed by atoms with Gasteiger partial charge in [-0.1, -0.05) is 0 Å². The summed E-state index contributed by atoms with van der Waals surface area (Å²) in [6, 6.07) is 6.73. The van der Waals surface area contributed by atoms with Crippen LogP contribution in [-0.4, -0.2) is 19.1 Å². The molecule has 0 aromatic heterocycles. The molecule has 1 fully saturated rings. The Morgan fingerprint density at radius 2 is 2.29 bits per heavy atom. The van der Waals surface area contributed by atoms with Gasteiger partial charge in [-0.05, 0) is 63.1 Å². The van der Waals surface area contributed by atoms with Crippen molar-refractivity contribution in [2.24, 2.45) is 5.73 Å². The molecule has 0 saturated carbocycles. The van der Waals surface area contributed by atoms with Crippen molar-refractivity contribution in [2.45, 2.75) is 12.5 Å². The summed E-state index contributed by atoms with van der Waals surface area (Å²) < 4.78 is 2.42. The van der Waals surface area contributed by atoms with E-state index in [1.165, 1.54) is 9.26 Å². The largest absolute Gasteiger partial charge is 0.369 e. The minimum Gasteiger partial charge on any atom is -0.369 e. The fourth-order valence-corrected chi connectivity index (χ4v) is 2.71. The van der Waals surface area contributed by atoms with Gasteiger partial charge in [0.05, 0.1) is 5.69 Å². The van der Waals surface area contributed by atoms with Gasteiger partial charge >= 0.3 is 0 Å². The smallest absolute Gasteiger partial charge is 0.0521 e. The number of hydrogen-bond acceptors (Lipinski definition) is 2. The number of nitrogens with zero attached hydrogens (tertiary/aromatic N) is 1. The summed E-state index contributed by atoms with van der Waals surface area (Å²) in [7, 11) is 0. The van der Waals surface area contributed by atoms with Crippen molar-refractivity contribution in [3.05, 3.63) is 26.2 Å². The Morgan fingerprint density at radius 1 is 1.50 bits per heavy atom. The van der Waals surface area contributed by atoms with Gasteiger partial charge in [0.2, 0.25) is 0 Å². The molecule has 0 aliphatic carbocycles. The highest BCUT2D eigenvalue weighted by Crippen LogP contribution is 2.30. The third kappa shape index (κ3) is 2.23. The Bertz CT molecular complexity index is 343. The lowest BCUT2D eigenvalue weighted by atomic mass is 10.3. The number of benzene rings is 1. The van der Waals surface area contributed by atoms with Crippen LogP contribution in [-0.2, 0) is 0 Å². The first-order chi connectivity index (χ1) is 6.66. The van der Waals surface area contributed by atoms with E-state index >= 15 is 0 Å². The highest BCUT2D eigenvalue weighted by atomic mass is 127. The lowest BCUT2D eigenvalue weighted by molar-refractivity contribution is 0.752. The molecule has 0 amide bonds. The second-order valence-corrected chi connectivity index (χ2v) is 5.69. The van der Waals surface area contributed by atoms with Gasteiger partial charge in [-0.15, -0.1) is 0 Å². The van der Waals surface area contributed by atoms with Crippen LogP contribution in [0.2, 0.25) is 0 Å². The first-order valence-corrected chi connectivity index (χ1v) is 6.49. The molecular weight excluding hydrogens is 355 g/mol. The quantitative estimate of drug-likeness (QED) is 0.774. The predicted molar refractivity (Wildman–Crippen MR) is 71.7 cm³/mol. The van der Waals surface area contributed by atoms with E-state index in [9.17, 15) is 0 Å². The van der Waals surface area contributed by atoms with Crippen molar-refractivity contribution < 1.29 is 0 Å². The molecule has 2 rings (SSSR count). The van der Waals surface area contributed by atoms with Gasteiger partial charge in [-0.2, -0.15) is 0 Å². The highest BCUT2D eigenvalue weighted by Gasteiger charge is 2.20. The molecule has 1 saturated heterocycles. The van der Waals surface area contributed by atoms with Gasteiger partial charge in [0, 0.05) is 27.2 Å². The zero-order valence-electron chi connectivity index (χ0n) is 7.71. The average Bonchev–Trinajstić information content (AvgIpc) is 2.56. The third-order valence-corrected chi connectivity index (χ3v) is 3.82. The molecule has 0 bridgehead atoms. The number of nitrogens with two attached hydrogens (primary N) is 1. The van der Waals surface area contributed by atoms with Crippen LogP contribution < -0.4 is 10.6 Å². The molecule has 0 spiro atoms. The highest BCUT2D eigenvalue weighted by molar-refractivity contribution is 14.1. The van der Waals surface area contributed by atoms with E-state index in [0.29, 0.717) is 6.04 Å². The van der Waals surface area contributed by atoms with Crippen LogP contribution in [0.4, 0.5) is 5.69 Å². The molecule has 1 aromatic rings. The topological polar surface area (TPSA) is 29.3 Å². The molecular formula is C10H12BrIN2. The van der Waals surface area contributed by atoms with Crippen LogP contribution in [0, 0.1) is 3.57 Å². The number of halogens is 2. The number of anilines is 1. The van der Waals surface area contributed by atoms with Gasteiger partial charge in [-0.3, -0.25) is 0 Å². The Kier molecular flexibility index (Phi) is 3.34. The van der Waals surface area contributed by atoms with Gasteiger partial charge in [0.15, 0.2) is 0 Å². The molecule has 76 valence electrons. The van der Waals surface area contributed by atoms with Crippen molar-refractivity contribution >= 4 is 44.2 Å². The summed E-state index contributed by atoms with van der Waals surface area (Å²) in [5.74, 6) is 0. The van der Waals surface area contributed by atoms with E-state index in [-0.39, 0.29) is 0 Å². The van der Waals surface area contributed by atoms with Crippen molar-refractivity contribution in [3.8, 4) is 0 Å². The molecule has 1 heterocycles. The molecule has 1 aromatic carbocycles. The maximum atomic E-state index is 5.89. The summed E-state index contributed by atoms with van der Waals surface area (Å²) in [4.78, 5) is 2.34. The number of hydrogen-bond donors (Lipinski definition) is 1. The summed E-state index contributed by atoms with van der Waals surface area (Å²) in [5.41, 5.74) is 7.16. The fourth-order valence-electron chi connectivity index (χ4n) is 1.73. The molecule has 14 heavy (non-hydrogen) atoms. The average molecular weight is 367 g/mol. The summed E-state index contributed by atoms with van der Waals surface area (Å²) in [5, 5.41) is 0. The Hall–Kier alpha value is 0.190. The van der Waals surface area contributed by atoms with E-state index in [4.69, 9.17) is 5.73 Å². The lowest BCUT2D eigenvalue weighted by Crippen LogP contribution is -2.26. The lowest BCUT2D eigenvalue weighted by Gasteiger charge is -2.19. The minimum atomic E-state index is 0.333. The summed E-state index contributed by atoms with van der Waals surface area (Å²) in [6.45, 7) is 2.04. The first kappa shape index (κ1) is 10.7. The van der Waals surface area contributed by atoms with Crippen molar-refractivity contribution in [2.75, 3.05) is 18.0 Å². The second-order valence-electron chi connectivity index (χ2n) is 3.59. The molecule has 4 heteroatoms. The molecule has 1 aliphatic heterocycles. The van der Waals surface area contributed by atoms with E-state index in [2.05, 4.69) is 61.6 Å².